The van der Waals surface area contributed by atoms with Crippen molar-refractivity contribution < 1.29 is 19.8 Å². The second-order valence-corrected chi connectivity index (χ2v) is 8.42. The van der Waals surface area contributed by atoms with Crippen LogP contribution in [0, 0.1) is 13.8 Å². The highest BCUT2D eigenvalue weighted by Crippen LogP contribution is 2.42. The van der Waals surface area contributed by atoms with Crippen LogP contribution in [0.15, 0.2) is 76.8 Å². The third-order valence-corrected chi connectivity index (χ3v) is 6.25. The molecule has 1 aliphatic rings. The molecule has 1 amide bonds. The summed E-state index contributed by atoms with van der Waals surface area (Å²) in [5.41, 5.74) is 3.45. The molecule has 3 aromatic carbocycles. The number of aliphatic hydroxyl groups excluding tert-OH is 1. The van der Waals surface area contributed by atoms with Crippen molar-refractivity contribution in [3.63, 3.8) is 0 Å². The zero-order chi connectivity index (χ0) is 22.3. The Morgan fingerprint density at radius 1 is 0.968 bits per heavy atom. The second-order valence-electron chi connectivity index (χ2n) is 7.56. The molecule has 1 heterocycles. The molecule has 0 spiro atoms. The number of Topliss-reactive ketones (excluding diaryl/α,β-unsaturated/α-hetero) is 1. The Morgan fingerprint density at radius 3 is 2.32 bits per heavy atom. The average molecular weight is 478 g/mol. The first-order chi connectivity index (χ1) is 14.8. The lowest BCUT2D eigenvalue weighted by Gasteiger charge is -2.25. The SMILES string of the molecule is Cc1cccc(N2C(=O)C(=O)/C(=C(\O)c3ccc(Br)c(C)c3)C2c2ccc(O)cc2)c1. The number of carbonyl (C=O) groups excluding carboxylic acids is 2. The first kappa shape index (κ1) is 20.9. The summed E-state index contributed by atoms with van der Waals surface area (Å²) < 4.78 is 0.874. The Kier molecular flexibility index (Phi) is 5.41. The van der Waals surface area contributed by atoms with Crippen LogP contribution < -0.4 is 4.90 Å². The van der Waals surface area contributed by atoms with Crippen LogP contribution in [0.5, 0.6) is 5.75 Å². The van der Waals surface area contributed by atoms with E-state index in [0.29, 0.717) is 16.8 Å². The zero-order valence-corrected chi connectivity index (χ0v) is 18.6. The van der Waals surface area contributed by atoms with Gasteiger partial charge in [-0.15, -0.1) is 0 Å². The van der Waals surface area contributed by atoms with E-state index in [9.17, 15) is 19.8 Å². The summed E-state index contributed by atoms with van der Waals surface area (Å²) in [6.07, 6.45) is 0. The minimum absolute atomic E-state index is 0.0129. The number of rotatable bonds is 3. The van der Waals surface area contributed by atoms with E-state index in [2.05, 4.69) is 15.9 Å². The van der Waals surface area contributed by atoms with Crippen LogP contribution in [-0.4, -0.2) is 21.9 Å². The van der Waals surface area contributed by atoms with Gasteiger partial charge in [0.15, 0.2) is 0 Å². The van der Waals surface area contributed by atoms with Crippen molar-refractivity contribution in [3.8, 4) is 5.75 Å². The lowest BCUT2D eigenvalue weighted by Crippen LogP contribution is -2.29. The molecule has 31 heavy (non-hydrogen) atoms. The molecule has 156 valence electrons. The zero-order valence-electron chi connectivity index (χ0n) is 17.0. The van der Waals surface area contributed by atoms with Gasteiger partial charge in [-0.2, -0.15) is 0 Å². The van der Waals surface area contributed by atoms with Crippen LogP contribution in [0.3, 0.4) is 0 Å². The third-order valence-electron chi connectivity index (χ3n) is 5.36. The van der Waals surface area contributed by atoms with Crippen molar-refractivity contribution in [3.05, 3.63) is 99.0 Å². The number of nitrogens with zero attached hydrogens (tertiary/aromatic N) is 1. The van der Waals surface area contributed by atoms with Crippen LogP contribution in [-0.2, 0) is 9.59 Å². The van der Waals surface area contributed by atoms with Gasteiger partial charge in [0.1, 0.15) is 11.5 Å². The number of hydrogen-bond acceptors (Lipinski definition) is 4. The summed E-state index contributed by atoms with van der Waals surface area (Å²) in [7, 11) is 0. The highest BCUT2D eigenvalue weighted by atomic mass is 79.9. The molecule has 5 nitrogen and oxygen atoms in total. The number of aryl methyl sites for hydroxylation is 2. The van der Waals surface area contributed by atoms with E-state index in [4.69, 9.17) is 0 Å². The molecule has 1 unspecified atom stereocenters. The maximum atomic E-state index is 13.1. The number of phenols is 1. The first-order valence-electron chi connectivity index (χ1n) is 9.71. The van der Waals surface area contributed by atoms with Crippen molar-refractivity contribution in [1.82, 2.24) is 0 Å². The summed E-state index contributed by atoms with van der Waals surface area (Å²) in [6, 6.07) is 18.0. The normalized spacial score (nSPS) is 17.9. The molecule has 1 aliphatic heterocycles. The number of phenolic OH excluding ortho intramolecular Hbond substituents is 1. The van der Waals surface area contributed by atoms with Gasteiger partial charge in [0.25, 0.3) is 11.7 Å². The summed E-state index contributed by atoms with van der Waals surface area (Å²) >= 11 is 3.43. The Labute approximate surface area is 188 Å². The van der Waals surface area contributed by atoms with Gasteiger partial charge in [0.2, 0.25) is 0 Å². The number of hydrogen-bond donors (Lipinski definition) is 2. The fraction of sp³-hybridized carbons (Fsp3) is 0.120. The average Bonchev–Trinajstić information content (AvgIpc) is 3.01. The number of aliphatic hydroxyl groups is 1. The number of halogens is 1. The first-order valence-corrected chi connectivity index (χ1v) is 10.5. The molecule has 1 saturated heterocycles. The van der Waals surface area contributed by atoms with Gasteiger partial charge in [0.05, 0.1) is 11.6 Å². The van der Waals surface area contributed by atoms with E-state index in [-0.39, 0.29) is 17.1 Å². The molecular formula is C25H20BrNO4. The quantitative estimate of drug-likeness (QED) is 0.300. The Balaban J connectivity index is 1.96. The molecule has 0 bridgehead atoms. The van der Waals surface area contributed by atoms with Gasteiger partial charge in [0, 0.05) is 15.7 Å². The number of aromatic hydroxyl groups is 1. The molecule has 1 fully saturated rings. The fourth-order valence-corrected chi connectivity index (χ4v) is 4.04. The molecule has 0 aliphatic carbocycles. The van der Waals surface area contributed by atoms with E-state index in [1.807, 2.05) is 32.0 Å². The van der Waals surface area contributed by atoms with Gasteiger partial charge < -0.3 is 10.2 Å². The number of amides is 1. The van der Waals surface area contributed by atoms with Crippen molar-refractivity contribution >= 4 is 39.1 Å². The Morgan fingerprint density at radius 2 is 1.68 bits per heavy atom. The minimum Gasteiger partial charge on any atom is -0.508 e. The number of ketones is 1. The molecule has 0 aromatic heterocycles. The third kappa shape index (κ3) is 3.75. The topological polar surface area (TPSA) is 77.8 Å². The molecule has 0 radical (unpaired) electrons. The Bertz CT molecular complexity index is 1230. The fourth-order valence-electron chi connectivity index (χ4n) is 3.80. The molecular weight excluding hydrogens is 458 g/mol. The van der Waals surface area contributed by atoms with Crippen LogP contribution in [0.1, 0.15) is 28.3 Å². The predicted molar refractivity (Wildman–Crippen MR) is 123 cm³/mol. The summed E-state index contributed by atoms with van der Waals surface area (Å²) in [4.78, 5) is 27.6. The van der Waals surface area contributed by atoms with Crippen molar-refractivity contribution in [1.29, 1.82) is 0 Å². The van der Waals surface area contributed by atoms with Gasteiger partial charge in [-0.05, 0) is 66.9 Å². The molecule has 2 N–H and O–H groups in total. The molecule has 0 saturated carbocycles. The summed E-state index contributed by atoms with van der Waals surface area (Å²) in [5, 5.41) is 20.9. The van der Waals surface area contributed by atoms with Gasteiger partial charge in [-0.25, -0.2) is 0 Å². The second kappa shape index (κ2) is 8.04. The number of benzene rings is 3. The molecule has 1 atom stereocenters. The predicted octanol–water partition coefficient (Wildman–Crippen LogP) is 5.40. The molecule has 3 aromatic rings. The maximum absolute atomic E-state index is 13.1. The van der Waals surface area contributed by atoms with Crippen molar-refractivity contribution in [2.45, 2.75) is 19.9 Å². The van der Waals surface area contributed by atoms with Gasteiger partial charge in [-0.1, -0.05) is 46.3 Å². The standard InChI is InChI=1S/C25H20BrNO4/c1-14-4-3-5-18(12-14)27-22(16-6-9-19(28)10-7-16)21(24(30)25(27)31)23(29)17-8-11-20(26)15(2)13-17/h3-13,22,28-29H,1-2H3/b23-21-. The lowest BCUT2D eigenvalue weighted by atomic mass is 9.94. The van der Waals surface area contributed by atoms with Crippen molar-refractivity contribution in [2.75, 3.05) is 4.90 Å². The Hall–Kier alpha value is -3.38. The highest BCUT2D eigenvalue weighted by molar-refractivity contribution is 9.10. The largest absolute Gasteiger partial charge is 0.508 e. The maximum Gasteiger partial charge on any atom is 0.300 e. The van der Waals surface area contributed by atoms with Gasteiger partial charge in [-0.3, -0.25) is 14.5 Å². The smallest absolute Gasteiger partial charge is 0.300 e. The van der Waals surface area contributed by atoms with E-state index in [0.717, 1.165) is 15.6 Å². The van der Waals surface area contributed by atoms with Gasteiger partial charge >= 0.3 is 0 Å². The van der Waals surface area contributed by atoms with E-state index in [1.54, 1.807) is 36.4 Å². The summed E-state index contributed by atoms with van der Waals surface area (Å²) in [6.45, 7) is 3.78. The lowest BCUT2D eigenvalue weighted by molar-refractivity contribution is -0.132. The summed E-state index contributed by atoms with van der Waals surface area (Å²) in [5.74, 6) is -1.63. The monoisotopic (exact) mass is 477 g/mol. The minimum atomic E-state index is -0.827. The number of carbonyl (C=O) groups is 2. The van der Waals surface area contributed by atoms with Crippen molar-refractivity contribution in [2.24, 2.45) is 0 Å². The van der Waals surface area contributed by atoms with Crippen LogP contribution >= 0.6 is 15.9 Å². The highest BCUT2D eigenvalue weighted by Gasteiger charge is 2.47. The van der Waals surface area contributed by atoms with E-state index in [1.165, 1.54) is 17.0 Å². The number of anilines is 1. The molecule has 6 heteroatoms. The van der Waals surface area contributed by atoms with E-state index < -0.39 is 17.7 Å². The van der Waals surface area contributed by atoms with E-state index >= 15 is 0 Å². The van der Waals surface area contributed by atoms with Crippen LogP contribution in [0.2, 0.25) is 0 Å². The van der Waals surface area contributed by atoms with Crippen LogP contribution in [0.25, 0.3) is 5.76 Å². The molecule has 4 rings (SSSR count). The van der Waals surface area contributed by atoms with Crippen LogP contribution in [0.4, 0.5) is 5.69 Å².